The predicted octanol–water partition coefficient (Wildman–Crippen LogP) is -3.60. The van der Waals surface area contributed by atoms with Crippen molar-refractivity contribution in [2.75, 3.05) is 0 Å². The minimum atomic E-state index is 0. The lowest BCUT2D eigenvalue weighted by Crippen LogP contribution is -0.381. The van der Waals surface area contributed by atoms with Crippen molar-refractivity contribution in [2.24, 2.45) is 0 Å². The topological polar surface area (TPSA) is 189 Å². The Morgan fingerprint density at radius 3 is 0.231 bits per heavy atom. The fraction of sp³-hybridized carbons (Fsp3) is 0. The monoisotopic (exact) mass is 354 g/mol. The van der Waals surface area contributed by atoms with E-state index in [9.17, 15) is 0 Å². The van der Waals surface area contributed by atoms with Crippen molar-refractivity contribution in [2.45, 2.75) is 0 Å². The maximum atomic E-state index is 0. The van der Waals surface area contributed by atoms with E-state index in [2.05, 4.69) is 0 Å². The van der Waals surface area contributed by atoms with Gasteiger partial charge in [-0.3, -0.25) is 0 Å². The van der Waals surface area contributed by atoms with Gasteiger partial charge in [-0.25, -0.2) is 0 Å². The highest BCUT2D eigenvalue weighted by Gasteiger charge is 0.187. The van der Waals surface area contributed by atoms with Crippen LogP contribution >= 0.6 is 74.4 Å². The summed E-state index contributed by atoms with van der Waals surface area (Å²) in [6.45, 7) is 0. The molecule has 0 rings (SSSR count). The molecule has 0 aliphatic carbocycles. The Morgan fingerprint density at radius 2 is 0.231 bits per heavy atom. The van der Waals surface area contributed by atoms with Gasteiger partial charge in [-0.2, -0.15) is 0 Å². The fourth-order valence-corrected chi connectivity index (χ4v) is 0. The third-order valence-corrected chi connectivity index (χ3v) is 0. The molecule has 0 aromatic carbocycles. The Morgan fingerprint density at radius 1 is 0.231 bits per heavy atom. The highest BCUT2D eigenvalue weighted by Crippen LogP contribution is 0.695. The van der Waals surface area contributed by atoms with Crippen molar-refractivity contribution in [3.63, 3.8) is 0 Å². The van der Waals surface area contributed by atoms with E-state index in [0.29, 0.717) is 0 Å². The minimum Gasteiger partial charge on any atom is -0.412 e. The molecule has 0 saturated heterocycles. The molecule has 0 saturated carbocycles. The summed E-state index contributed by atoms with van der Waals surface area (Å²) < 4.78 is 0. The van der Waals surface area contributed by atoms with Crippen molar-refractivity contribution < 1.29 is 32.9 Å². The maximum Gasteiger partial charge on any atom is 0.187 e. The van der Waals surface area contributed by atoms with Crippen molar-refractivity contribution in [1.29, 1.82) is 0 Å². The molecule has 0 aromatic heterocycles. The van der Waals surface area contributed by atoms with Crippen LogP contribution in [-0.2, 0) is 0 Å². The van der Waals surface area contributed by atoms with Gasteiger partial charge in [0.15, 0.2) is 17.4 Å². The van der Waals surface area contributed by atoms with Gasteiger partial charge in [0.1, 0.15) is 0 Å². The average Bonchev–Trinajstić information content (AvgIpc) is 0. The summed E-state index contributed by atoms with van der Waals surface area (Å²) in [7, 11) is 0. The molecule has 13 heavy (non-hydrogen) atoms. The number of hydrogen-bond donors (Lipinski definition) is 0. The molecule has 13 heteroatoms. The summed E-state index contributed by atoms with van der Waals surface area (Å²) in [4.78, 5) is 0. The third kappa shape index (κ3) is 492. The van der Waals surface area contributed by atoms with Gasteiger partial charge in [-0.15, -0.1) is 74.4 Å². The van der Waals surface area contributed by atoms with E-state index in [4.69, 9.17) is 0 Å². The van der Waals surface area contributed by atoms with E-state index in [1.54, 1.807) is 0 Å². The highest BCUT2D eigenvalue weighted by atomic mass is 35.5. The van der Waals surface area contributed by atoms with Crippen LogP contribution in [0, 0.1) is 0 Å². The smallest absolute Gasteiger partial charge is 0.187 e. The molecule has 0 amide bonds. The van der Waals surface area contributed by atoms with E-state index >= 15 is 0 Å². The molecular weight excluding hydrogens is 336 g/mol. The average molecular weight is 357 g/mol. The van der Waals surface area contributed by atoms with Gasteiger partial charge in [-0.1, -0.05) is 0 Å². The molecule has 0 radical (unpaired) electrons. The molecule has 0 aliphatic heterocycles. The normalized spacial score (nSPS) is 0. The first-order valence-corrected chi connectivity index (χ1v) is 0. The van der Waals surface area contributed by atoms with E-state index in [-0.39, 0.29) is 125 Å². The van der Waals surface area contributed by atoms with Crippen LogP contribution in [0.5, 0.6) is 0 Å². The molecule has 102 valence electrons. The first-order valence-electron chi connectivity index (χ1n) is 0. The van der Waals surface area contributed by atoms with Crippen molar-refractivity contribution in [3.05, 3.63) is 0 Å². The number of hydrogen-bond acceptors (Lipinski definition) is 0. The van der Waals surface area contributed by atoms with Gasteiger partial charge in [0, 0.05) is 0 Å². The van der Waals surface area contributed by atoms with Gasteiger partial charge in [0.2, 0.25) is 0 Å². The van der Waals surface area contributed by atoms with Gasteiger partial charge in [0.05, 0.1) is 0 Å². The zero-order valence-electron chi connectivity index (χ0n) is 5.45. The van der Waals surface area contributed by atoms with Crippen LogP contribution in [0.3, 0.4) is 0 Å². The molecule has 0 atom stereocenters. The molecule has 6 nitrogen and oxygen atoms in total. The van der Waals surface area contributed by atoms with Crippen LogP contribution in [-0.4, -0.2) is 50.2 Å². The molecule has 0 unspecified atom stereocenters. The Balaban J connectivity index is 0. The second-order valence-electron chi connectivity index (χ2n) is 0. The number of halogens is 6. The molecule has 0 spiro atoms. The van der Waals surface area contributed by atoms with Crippen LogP contribution < -0.4 is 0 Å². The summed E-state index contributed by atoms with van der Waals surface area (Å²) >= 11 is 0. The lowest BCUT2D eigenvalue weighted by Gasteiger charge is -0.413. The second-order valence-corrected chi connectivity index (χ2v) is 0. The second kappa shape index (κ2) is 577. The van der Waals surface area contributed by atoms with Crippen LogP contribution in [0.4, 0.5) is 0 Å². The van der Waals surface area contributed by atoms with Gasteiger partial charge < -0.3 is 32.9 Å². The largest absolute Gasteiger partial charge is 0.412 e. The molecule has 0 heterocycles. The van der Waals surface area contributed by atoms with Crippen LogP contribution in [0.15, 0.2) is 0 Å². The molecule has 12 N–H and O–H groups in total. The Kier molecular flexibility index (Phi) is 31800. The van der Waals surface area contributed by atoms with E-state index < -0.39 is 0 Å². The van der Waals surface area contributed by atoms with Crippen molar-refractivity contribution >= 4 is 91.8 Å². The highest BCUT2D eigenvalue weighted by molar-refractivity contribution is 5.86. The Bertz CT molecular complexity index is 17.1. The third-order valence-electron chi connectivity index (χ3n) is 0. The summed E-state index contributed by atoms with van der Waals surface area (Å²) in [5, 5.41) is 0. The molecule has 0 aliphatic rings. The van der Waals surface area contributed by atoms with Crippen LogP contribution in [0.1, 0.15) is 0 Å². The maximum absolute atomic E-state index is 0. The summed E-state index contributed by atoms with van der Waals surface area (Å²) in [6, 6.07) is 0. The SMILES string of the molecule is Cl.Cl.Cl.Cl.Cl.Cl.O.O.O.O.O.O.[AlH3]. The van der Waals surface area contributed by atoms with Crippen molar-refractivity contribution in [1.82, 2.24) is 0 Å². The van der Waals surface area contributed by atoms with E-state index in [1.807, 2.05) is 0 Å². The lowest BCUT2D eigenvalue weighted by atomic mass is 16.0. The zero-order chi connectivity index (χ0) is 0. The summed E-state index contributed by atoms with van der Waals surface area (Å²) in [5.74, 6) is 0. The standard InChI is InChI=1S/Al.6ClH.6H2O.3H/h;6*1H;6*1H2;;;. The van der Waals surface area contributed by atoms with E-state index in [1.165, 1.54) is 0 Å². The summed E-state index contributed by atoms with van der Waals surface area (Å²) in [6.07, 6.45) is 0. The first kappa shape index (κ1) is 717. The van der Waals surface area contributed by atoms with Crippen LogP contribution in [0.2, 0.25) is 0 Å². The van der Waals surface area contributed by atoms with Crippen molar-refractivity contribution in [3.8, 4) is 0 Å². The van der Waals surface area contributed by atoms with Crippen LogP contribution in [0.25, 0.3) is 0 Å². The first-order chi connectivity index (χ1) is 0. The van der Waals surface area contributed by atoms with Gasteiger partial charge >= 0.3 is 0 Å². The lowest BCUT2D eigenvalue weighted by molar-refractivity contribution is 0.823. The van der Waals surface area contributed by atoms with Gasteiger partial charge in [0.25, 0.3) is 0 Å². The Labute approximate surface area is 124 Å². The summed E-state index contributed by atoms with van der Waals surface area (Å²) in [5.41, 5.74) is 0. The quantitative estimate of drug-likeness (QED) is 0.388. The minimum absolute atomic E-state index is 0. The predicted molar refractivity (Wildman–Crippen MR) is 75.1 cm³/mol. The molecular formula is H21AlCl6O6. The molecule has 0 aromatic rings. The van der Waals surface area contributed by atoms with E-state index in [0.717, 1.165) is 0 Å². The fourth-order valence-electron chi connectivity index (χ4n) is 0. The molecule has 0 fully saturated rings. The zero-order valence-corrected chi connectivity index (χ0v) is 10.3. The number of rotatable bonds is 0. The Hall–Kier alpha value is 2.03. The molecule has 0 bridgehead atoms. The van der Waals surface area contributed by atoms with Gasteiger partial charge in [-0.05, 0) is 0 Å².